The number of nitrogens with one attached hydrogen (secondary N) is 1. The van der Waals surface area contributed by atoms with Crippen LogP contribution in [0.1, 0.15) is 26.3 Å². The maximum Gasteiger partial charge on any atom is 0.338 e. The molecule has 0 aromatic heterocycles. The fraction of sp³-hybridized carbons (Fsp3) is 0.0909. The molecular weight excluding hydrogens is 378 g/mol. The van der Waals surface area contributed by atoms with Crippen LogP contribution in [0, 0.1) is 0 Å². The van der Waals surface area contributed by atoms with Crippen LogP contribution in [0.3, 0.4) is 0 Å². The molecule has 1 amide bonds. The predicted molar refractivity (Wildman–Crippen MR) is 108 cm³/mol. The summed E-state index contributed by atoms with van der Waals surface area (Å²) in [5.74, 6) is -0.282. The Morgan fingerprint density at radius 2 is 1.54 bits per heavy atom. The molecule has 0 bridgehead atoms. The summed E-state index contributed by atoms with van der Waals surface area (Å²) in [5, 5.41) is 3.45. The van der Waals surface area contributed by atoms with Gasteiger partial charge in [-0.15, -0.1) is 0 Å². The van der Waals surface area contributed by atoms with Crippen LogP contribution < -0.4 is 10.1 Å². The summed E-state index contributed by atoms with van der Waals surface area (Å²) >= 11 is 5.87. The molecule has 0 saturated carbocycles. The topological polar surface area (TPSA) is 64.6 Å². The minimum Gasteiger partial charge on any atom is -0.489 e. The molecule has 0 heterocycles. The molecule has 3 aromatic carbocycles. The minimum absolute atomic E-state index is 0.213. The minimum atomic E-state index is -0.559. The van der Waals surface area contributed by atoms with E-state index in [1.54, 1.807) is 48.5 Å². The van der Waals surface area contributed by atoms with Crippen LogP contribution in [-0.4, -0.2) is 19.0 Å². The monoisotopic (exact) mass is 395 g/mol. The van der Waals surface area contributed by atoms with Gasteiger partial charge >= 0.3 is 5.97 Å². The molecule has 0 fully saturated rings. The highest BCUT2D eigenvalue weighted by Crippen LogP contribution is 2.19. The molecule has 0 spiro atoms. The van der Waals surface area contributed by atoms with Crippen molar-refractivity contribution in [2.45, 2.75) is 6.61 Å². The molecule has 3 rings (SSSR count). The van der Waals surface area contributed by atoms with Crippen molar-refractivity contribution in [1.29, 1.82) is 0 Å². The molecule has 0 atom stereocenters. The van der Waals surface area contributed by atoms with Crippen molar-refractivity contribution in [2.24, 2.45) is 0 Å². The molecule has 0 aliphatic carbocycles. The largest absolute Gasteiger partial charge is 0.489 e. The Balaban J connectivity index is 1.63. The Morgan fingerprint density at radius 3 is 2.18 bits per heavy atom. The smallest absolute Gasteiger partial charge is 0.338 e. The van der Waals surface area contributed by atoms with E-state index in [9.17, 15) is 9.59 Å². The Hall–Kier alpha value is -3.31. The maximum atomic E-state index is 12.5. The van der Waals surface area contributed by atoms with E-state index < -0.39 is 11.9 Å². The number of anilines is 1. The van der Waals surface area contributed by atoms with Crippen molar-refractivity contribution in [2.75, 3.05) is 12.4 Å². The molecule has 28 heavy (non-hydrogen) atoms. The van der Waals surface area contributed by atoms with Gasteiger partial charge in [-0.2, -0.15) is 0 Å². The molecule has 142 valence electrons. The molecular formula is C22H18ClNO4. The summed E-state index contributed by atoms with van der Waals surface area (Å²) in [5.41, 5.74) is 2.05. The highest BCUT2D eigenvalue weighted by Gasteiger charge is 2.17. The first kappa shape index (κ1) is 19.5. The lowest BCUT2D eigenvalue weighted by atomic mass is 10.1. The van der Waals surface area contributed by atoms with E-state index in [1.807, 2.05) is 24.3 Å². The van der Waals surface area contributed by atoms with Crippen molar-refractivity contribution in [3.63, 3.8) is 0 Å². The fourth-order valence-corrected chi connectivity index (χ4v) is 2.68. The highest BCUT2D eigenvalue weighted by atomic mass is 35.5. The first-order valence-electron chi connectivity index (χ1n) is 8.53. The highest BCUT2D eigenvalue weighted by molar-refractivity contribution is 6.30. The third-order valence-electron chi connectivity index (χ3n) is 4.01. The lowest BCUT2D eigenvalue weighted by Gasteiger charge is -2.10. The van der Waals surface area contributed by atoms with E-state index in [4.69, 9.17) is 21.1 Å². The van der Waals surface area contributed by atoms with Crippen LogP contribution in [0.25, 0.3) is 0 Å². The Morgan fingerprint density at radius 1 is 0.893 bits per heavy atom. The zero-order chi connectivity index (χ0) is 19.9. The molecule has 0 saturated heterocycles. The van der Waals surface area contributed by atoms with Gasteiger partial charge in [0, 0.05) is 10.7 Å². The molecule has 0 aliphatic heterocycles. The second-order valence-electron chi connectivity index (χ2n) is 5.93. The molecule has 0 aliphatic rings. The van der Waals surface area contributed by atoms with E-state index in [2.05, 4.69) is 5.32 Å². The van der Waals surface area contributed by atoms with Crippen molar-refractivity contribution in [1.82, 2.24) is 0 Å². The van der Waals surface area contributed by atoms with Gasteiger partial charge in [-0.3, -0.25) is 4.79 Å². The molecule has 6 heteroatoms. The van der Waals surface area contributed by atoms with Crippen LogP contribution in [0.2, 0.25) is 5.02 Å². The van der Waals surface area contributed by atoms with Crippen molar-refractivity contribution in [3.8, 4) is 5.75 Å². The van der Waals surface area contributed by atoms with Crippen LogP contribution in [0.4, 0.5) is 5.69 Å². The summed E-state index contributed by atoms with van der Waals surface area (Å²) < 4.78 is 10.4. The van der Waals surface area contributed by atoms with E-state index in [1.165, 1.54) is 7.11 Å². The number of carbonyl (C=O) groups is 2. The zero-order valence-corrected chi connectivity index (χ0v) is 15.9. The van der Waals surface area contributed by atoms with Gasteiger partial charge in [-0.25, -0.2) is 4.79 Å². The maximum absolute atomic E-state index is 12.5. The van der Waals surface area contributed by atoms with Gasteiger partial charge < -0.3 is 14.8 Å². The van der Waals surface area contributed by atoms with E-state index in [0.717, 1.165) is 5.56 Å². The normalized spacial score (nSPS) is 10.2. The van der Waals surface area contributed by atoms with Gasteiger partial charge in [0.25, 0.3) is 5.91 Å². The summed E-state index contributed by atoms with van der Waals surface area (Å²) in [6, 6.07) is 20.9. The van der Waals surface area contributed by atoms with Gasteiger partial charge in [0.1, 0.15) is 12.4 Å². The van der Waals surface area contributed by atoms with E-state index >= 15 is 0 Å². The van der Waals surface area contributed by atoms with Gasteiger partial charge in [0.2, 0.25) is 0 Å². The van der Waals surface area contributed by atoms with Gasteiger partial charge in [-0.05, 0) is 54.1 Å². The van der Waals surface area contributed by atoms with Crippen LogP contribution in [0.5, 0.6) is 5.75 Å². The first-order chi connectivity index (χ1) is 13.6. The second-order valence-corrected chi connectivity index (χ2v) is 6.37. The van der Waals surface area contributed by atoms with Crippen LogP contribution in [-0.2, 0) is 11.3 Å². The second kappa shape index (κ2) is 9.06. The Labute approximate surface area is 167 Å². The van der Waals surface area contributed by atoms with Crippen molar-refractivity contribution >= 4 is 29.2 Å². The number of ether oxygens (including phenoxy) is 2. The average Bonchev–Trinajstić information content (AvgIpc) is 2.73. The summed E-state index contributed by atoms with van der Waals surface area (Å²) in [6.45, 7) is 0.412. The fourth-order valence-electron chi connectivity index (χ4n) is 2.55. The number of amides is 1. The SMILES string of the molecule is COC(=O)c1ccccc1C(=O)Nc1ccc(OCc2ccc(Cl)cc2)cc1. The van der Waals surface area contributed by atoms with E-state index in [-0.39, 0.29) is 11.1 Å². The third-order valence-corrected chi connectivity index (χ3v) is 4.26. The number of hydrogen-bond donors (Lipinski definition) is 1. The Bertz CT molecular complexity index is 969. The van der Waals surface area contributed by atoms with Gasteiger partial charge in [-0.1, -0.05) is 35.9 Å². The number of esters is 1. The quantitative estimate of drug-likeness (QED) is 0.599. The number of methoxy groups -OCH3 is 1. The summed E-state index contributed by atoms with van der Waals surface area (Å²) in [7, 11) is 1.28. The lowest BCUT2D eigenvalue weighted by Crippen LogP contribution is -2.17. The average molecular weight is 396 g/mol. The molecule has 1 N–H and O–H groups in total. The third kappa shape index (κ3) is 4.90. The van der Waals surface area contributed by atoms with E-state index in [0.29, 0.717) is 23.1 Å². The molecule has 5 nitrogen and oxygen atoms in total. The Kier molecular flexibility index (Phi) is 6.29. The van der Waals surface area contributed by atoms with Crippen molar-refractivity contribution in [3.05, 3.63) is 94.5 Å². The van der Waals surface area contributed by atoms with Crippen LogP contribution >= 0.6 is 11.6 Å². The molecule has 0 radical (unpaired) electrons. The van der Waals surface area contributed by atoms with Gasteiger partial charge in [0.05, 0.1) is 18.2 Å². The molecule has 0 unspecified atom stereocenters. The van der Waals surface area contributed by atoms with Crippen molar-refractivity contribution < 1.29 is 19.1 Å². The van der Waals surface area contributed by atoms with Crippen LogP contribution in [0.15, 0.2) is 72.8 Å². The zero-order valence-electron chi connectivity index (χ0n) is 15.1. The predicted octanol–water partition coefficient (Wildman–Crippen LogP) is 4.96. The first-order valence-corrected chi connectivity index (χ1v) is 8.90. The number of rotatable bonds is 6. The standard InChI is InChI=1S/C22H18ClNO4/c1-27-22(26)20-5-3-2-4-19(20)21(25)24-17-10-12-18(13-11-17)28-14-15-6-8-16(23)9-7-15/h2-13H,14H2,1H3,(H,24,25). The molecule has 3 aromatic rings. The summed E-state index contributed by atoms with van der Waals surface area (Å²) in [6.07, 6.45) is 0. The number of benzene rings is 3. The number of hydrogen-bond acceptors (Lipinski definition) is 4. The number of carbonyl (C=O) groups excluding carboxylic acids is 2. The number of halogens is 1. The summed E-state index contributed by atoms with van der Waals surface area (Å²) in [4.78, 5) is 24.3. The lowest BCUT2D eigenvalue weighted by molar-refractivity contribution is 0.0597. The van der Waals surface area contributed by atoms with Gasteiger partial charge in [0.15, 0.2) is 0 Å².